The smallest absolute Gasteiger partial charge is 0.274 e. The number of para-hydroxylation sites is 1. The summed E-state index contributed by atoms with van der Waals surface area (Å²) in [5, 5.41) is 8.77. The molecule has 0 radical (unpaired) electrons. The number of nitrogens with zero attached hydrogens (tertiary/aromatic N) is 1. The predicted octanol–water partition coefficient (Wildman–Crippen LogP) is 3.16. The summed E-state index contributed by atoms with van der Waals surface area (Å²) >= 11 is 0. The molecular formula is C21H24N2O4S. The van der Waals surface area contributed by atoms with Crippen LogP contribution in [-0.4, -0.2) is 31.3 Å². The lowest BCUT2D eigenvalue weighted by molar-refractivity contribution is 0.0706. The second-order valence-corrected chi connectivity index (χ2v) is 9.63. The van der Waals surface area contributed by atoms with Gasteiger partial charge in [-0.25, -0.2) is 13.9 Å². The van der Waals surface area contributed by atoms with Gasteiger partial charge in [0.2, 0.25) is 0 Å². The lowest BCUT2D eigenvalue weighted by Crippen LogP contribution is -2.42. The third-order valence-corrected chi connectivity index (χ3v) is 7.77. The number of hydrogen-bond donors (Lipinski definition) is 2. The Morgan fingerprint density at radius 1 is 1.07 bits per heavy atom. The zero-order valence-electron chi connectivity index (χ0n) is 15.5. The number of benzene rings is 2. The standard InChI is InChI=1S/C21H24N2O4S/c24-21(22-25)16-11-9-15(10-12-16)13-23-18-6-2-1-5-17(18)14-28(26,27)20-8-4-3-7-19(20)23/h3-4,7-12,17-18,25H,1-2,5-6,13-14H2,(H,22,24)/t17-,18-/m0/s1. The molecule has 148 valence electrons. The first kappa shape index (κ1) is 19.0. The molecular weight excluding hydrogens is 376 g/mol. The number of carbonyl (C=O) groups is 1. The van der Waals surface area contributed by atoms with Gasteiger partial charge in [-0.2, -0.15) is 0 Å². The third-order valence-electron chi connectivity index (χ3n) is 5.88. The summed E-state index contributed by atoms with van der Waals surface area (Å²) in [6.45, 7) is 0.578. The molecule has 2 aliphatic rings. The number of fused-ring (bicyclic) bond motifs is 2. The fourth-order valence-corrected chi connectivity index (χ4v) is 6.45. The predicted molar refractivity (Wildman–Crippen MR) is 106 cm³/mol. The van der Waals surface area contributed by atoms with E-state index < -0.39 is 15.7 Å². The Kier molecular flexibility index (Phi) is 5.12. The Labute approximate surface area is 165 Å². The van der Waals surface area contributed by atoms with Gasteiger partial charge in [0.1, 0.15) is 0 Å². The van der Waals surface area contributed by atoms with Gasteiger partial charge in [0, 0.05) is 18.2 Å². The fourth-order valence-electron chi connectivity index (χ4n) is 4.53. The lowest BCUT2D eigenvalue weighted by atomic mass is 9.84. The van der Waals surface area contributed by atoms with Crippen molar-refractivity contribution in [1.29, 1.82) is 0 Å². The molecule has 2 N–H and O–H groups in total. The minimum Gasteiger partial charge on any atom is -0.363 e. The van der Waals surface area contributed by atoms with E-state index in [2.05, 4.69) is 4.90 Å². The van der Waals surface area contributed by atoms with Gasteiger partial charge in [0.05, 0.1) is 16.3 Å². The highest BCUT2D eigenvalue weighted by Gasteiger charge is 2.39. The van der Waals surface area contributed by atoms with Gasteiger partial charge in [0.15, 0.2) is 9.84 Å². The number of amides is 1. The van der Waals surface area contributed by atoms with E-state index in [1.807, 2.05) is 24.3 Å². The summed E-state index contributed by atoms with van der Waals surface area (Å²) in [6, 6.07) is 14.5. The SMILES string of the molecule is O=C(NO)c1ccc(CN2c3ccccc3S(=O)(=O)C[C@@H]3CCCC[C@@H]32)cc1. The first-order chi connectivity index (χ1) is 13.5. The van der Waals surface area contributed by atoms with Crippen LogP contribution in [0, 0.1) is 5.92 Å². The Hall–Kier alpha value is -2.38. The van der Waals surface area contributed by atoms with Crippen LogP contribution in [0.2, 0.25) is 0 Å². The minimum absolute atomic E-state index is 0.130. The van der Waals surface area contributed by atoms with Gasteiger partial charge in [-0.1, -0.05) is 37.1 Å². The minimum atomic E-state index is -3.32. The van der Waals surface area contributed by atoms with Crippen molar-refractivity contribution in [3.05, 3.63) is 59.7 Å². The number of rotatable bonds is 3. The number of carbonyl (C=O) groups excluding carboxylic acids is 1. The van der Waals surface area contributed by atoms with Crippen LogP contribution >= 0.6 is 0 Å². The summed E-state index contributed by atoms with van der Waals surface area (Å²) in [7, 11) is -3.32. The summed E-state index contributed by atoms with van der Waals surface area (Å²) in [4.78, 5) is 14.2. The third kappa shape index (κ3) is 3.52. The zero-order chi connectivity index (χ0) is 19.7. The van der Waals surface area contributed by atoms with E-state index in [0.29, 0.717) is 17.0 Å². The van der Waals surface area contributed by atoms with Gasteiger partial charge in [0.25, 0.3) is 5.91 Å². The molecule has 1 aliphatic heterocycles. The van der Waals surface area contributed by atoms with Gasteiger partial charge in [-0.3, -0.25) is 10.0 Å². The van der Waals surface area contributed by atoms with Crippen LogP contribution in [0.4, 0.5) is 5.69 Å². The second kappa shape index (κ2) is 7.56. The van der Waals surface area contributed by atoms with Crippen molar-refractivity contribution >= 4 is 21.4 Å². The second-order valence-electron chi connectivity index (χ2n) is 7.63. The summed E-state index contributed by atoms with van der Waals surface area (Å²) in [5.74, 6) is -0.212. The van der Waals surface area contributed by atoms with Crippen molar-refractivity contribution in [2.45, 2.75) is 43.2 Å². The normalized spacial score (nSPS) is 23.2. The van der Waals surface area contributed by atoms with E-state index in [9.17, 15) is 13.2 Å². The Balaban J connectivity index is 1.73. The van der Waals surface area contributed by atoms with Crippen molar-refractivity contribution in [3.8, 4) is 0 Å². The molecule has 4 rings (SSSR count). The average Bonchev–Trinajstić information content (AvgIpc) is 2.81. The molecule has 0 aromatic heterocycles. The highest BCUT2D eigenvalue weighted by Crippen LogP contribution is 2.40. The van der Waals surface area contributed by atoms with Gasteiger partial charge < -0.3 is 4.90 Å². The summed E-state index contributed by atoms with van der Waals surface area (Å²) < 4.78 is 26.0. The van der Waals surface area contributed by atoms with Gasteiger partial charge in [-0.15, -0.1) is 0 Å². The van der Waals surface area contributed by atoms with E-state index in [1.54, 1.807) is 29.7 Å². The highest BCUT2D eigenvalue weighted by molar-refractivity contribution is 7.91. The van der Waals surface area contributed by atoms with Crippen molar-refractivity contribution in [3.63, 3.8) is 0 Å². The molecule has 0 bridgehead atoms. The maximum Gasteiger partial charge on any atom is 0.274 e. The fraction of sp³-hybridized carbons (Fsp3) is 0.381. The highest BCUT2D eigenvalue weighted by atomic mass is 32.2. The van der Waals surface area contributed by atoms with Crippen LogP contribution in [-0.2, 0) is 16.4 Å². The molecule has 1 fully saturated rings. The van der Waals surface area contributed by atoms with E-state index in [1.165, 1.54) is 0 Å². The lowest BCUT2D eigenvalue weighted by Gasteiger charge is -2.39. The Morgan fingerprint density at radius 3 is 2.54 bits per heavy atom. The molecule has 0 saturated heterocycles. The van der Waals surface area contributed by atoms with E-state index in [0.717, 1.165) is 36.9 Å². The maximum atomic E-state index is 13.0. The molecule has 2 aromatic carbocycles. The first-order valence-corrected chi connectivity index (χ1v) is 11.3. The molecule has 6 nitrogen and oxygen atoms in total. The number of nitrogens with one attached hydrogen (secondary N) is 1. The van der Waals surface area contributed by atoms with Crippen LogP contribution in [0.3, 0.4) is 0 Å². The molecule has 7 heteroatoms. The largest absolute Gasteiger partial charge is 0.363 e. The number of sulfone groups is 1. The molecule has 0 spiro atoms. The van der Waals surface area contributed by atoms with Crippen molar-refractivity contribution < 1.29 is 18.4 Å². The van der Waals surface area contributed by atoms with E-state index in [4.69, 9.17) is 5.21 Å². The quantitative estimate of drug-likeness (QED) is 0.611. The van der Waals surface area contributed by atoms with E-state index >= 15 is 0 Å². The van der Waals surface area contributed by atoms with Crippen LogP contribution in [0.5, 0.6) is 0 Å². The van der Waals surface area contributed by atoms with Crippen molar-refractivity contribution in [1.82, 2.24) is 5.48 Å². The van der Waals surface area contributed by atoms with Gasteiger partial charge >= 0.3 is 0 Å². The summed E-state index contributed by atoms with van der Waals surface area (Å²) in [5.41, 5.74) is 3.77. The number of anilines is 1. The van der Waals surface area contributed by atoms with Crippen LogP contribution in [0.15, 0.2) is 53.4 Å². The molecule has 2 atom stereocenters. The average molecular weight is 401 g/mol. The molecule has 2 aromatic rings. The molecule has 0 unspecified atom stereocenters. The van der Waals surface area contributed by atoms with Crippen LogP contribution < -0.4 is 10.4 Å². The van der Waals surface area contributed by atoms with Gasteiger partial charge in [-0.05, 0) is 48.6 Å². The molecule has 1 saturated carbocycles. The summed E-state index contributed by atoms with van der Waals surface area (Å²) in [6.07, 6.45) is 4.10. The number of hydrogen-bond acceptors (Lipinski definition) is 5. The van der Waals surface area contributed by atoms with Crippen LogP contribution in [0.1, 0.15) is 41.6 Å². The number of hydroxylamine groups is 1. The Bertz CT molecular complexity index is 972. The maximum absolute atomic E-state index is 13.0. The molecule has 1 heterocycles. The molecule has 28 heavy (non-hydrogen) atoms. The van der Waals surface area contributed by atoms with E-state index in [-0.39, 0.29) is 17.7 Å². The first-order valence-electron chi connectivity index (χ1n) is 9.61. The topological polar surface area (TPSA) is 86.7 Å². The van der Waals surface area contributed by atoms with Crippen LogP contribution in [0.25, 0.3) is 0 Å². The zero-order valence-corrected chi connectivity index (χ0v) is 16.4. The Morgan fingerprint density at radius 2 is 1.79 bits per heavy atom. The van der Waals surface area contributed by atoms with Crippen molar-refractivity contribution in [2.75, 3.05) is 10.7 Å². The molecule has 1 aliphatic carbocycles. The van der Waals surface area contributed by atoms with Crippen molar-refractivity contribution in [2.24, 2.45) is 5.92 Å². The molecule has 1 amide bonds. The monoisotopic (exact) mass is 400 g/mol.